The van der Waals surface area contributed by atoms with Crippen molar-refractivity contribution in [2.75, 3.05) is 19.9 Å². The van der Waals surface area contributed by atoms with Gasteiger partial charge in [0.05, 0.1) is 12.7 Å². The third-order valence-electron chi connectivity index (χ3n) is 7.10. The van der Waals surface area contributed by atoms with Crippen molar-refractivity contribution in [1.82, 2.24) is 5.32 Å². The second-order valence-electron chi connectivity index (χ2n) is 10.3. The van der Waals surface area contributed by atoms with Gasteiger partial charge in [-0.2, -0.15) is 0 Å². The lowest BCUT2D eigenvalue weighted by Gasteiger charge is -2.36. The van der Waals surface area contributed by atoms with Crippen LogP contribution < -0.4 is 5.32 Å². The van der Waals surface area contributed by atoms with E-state index in [0.717, 1.165) is 11.8 Å². The van der Waals surface area contributed by atoms with Crippen LogP contribution in [0.25, 0.3) is 0 Å². The van der Waals surface area contributed by atoms with Crippen LogP contribution in [0.5, 0.6) is 0 Å². The van der Waals surface area contributed by atoms with Gasteiger partial charge in [-0.1, -0.05) is 51.0 Å². The number of nitrogens with zero attached hydrogens (tertiary/aromatic N) is 1. The number of rotatable bonds is 9. The highest BCUT2D eigenvalue weighted by atomic mass is 16.5. The molecule has 2 aliphatic rings. The first kappa shape index (κ1) is 23.4. The van der Waals surface area contributed by atoms with Crippen LogP contribution in [0.1, 0.15) is 83.8 Å². The van der Waals surface area contributed by atoms with Crippen molar-refractivity contribution in [2.45, 2.75) is 84.3 Å². The predicted molar refractivity (Wildman–Crippen MR) is 125 cm³/mol. The Morgan fingerprint density at radius 3 is 2.57 bits per heavy atom. The van der Waals surface area contributed by atoms with Gasteiger partial charge in [0.25, 0.3) is 0 Å². The number of fused-ring (bicyclic) bond motifs is 3. The van der Waals surface area contributed by atoms with E-state index in [1.54, 1.807) is 0 Å². The Balaban J connectivity index is 1.64. The Kier molecular flexibility index (Phi) is 8.11. The molecule has 1 saturated carbocycles. The molecule has 0 heterocycles. The molecule has 0 aliphatic heterocycles. The number of ether oxygens (including phenoxy) is 1. The zero-order valence-electron chi connectivity index (χ0n) is 19.7. The van der Waals surface area contributed by atoms with Crippen molar-refractivity contribution >= 4 is 5.71 Å². The maximum Gasteiger partial charge on any atom is 0.137 e. The van der Waals surface area contributed by atoms with Crippen LogP contribution >= 0.6 is 0 Å². The number of benzene rings is 1. The number of aliphatic hydroxyl groups is 1. The zero-order valence-corrected chi connectivity index (χ0v) is 19.7. The third-order valence-corrected chi connectivity index (χ3v) is 7.10. The van der Waals surface area contributed by atoms with Crippen LogP contribution in [0.4, 0.5) is 0 Å². The second kappa shape index (κ2) is 10.4. The van der Waals surface area contributed by atoms with Crippen LogP contribution in [-0.2, 0) is 4.74 Å². The minimum absolute atomic E-state index is 0.00383. The predicted octanol–water partition coefficient (Wildman–Crippen LogP) is 5.15. The van der Waals surface area contributed by atoms with Gasteiger partial charge >= 0.3 is 0 Å². The first-order valence-corrected chi connectivity index (χ1v) is 12.0. The summed E-state index contributed by atoms with van der Waals surface area (Å²) in [5, 5.41) is 13.5. The Hall–Kier alpha value is -1.23. The average Bonchev–Trinajstić information content (AvgIpc) is 3.03. The molecule has 4 heteroatoms. The molecule has 0 saturated heterocycles. The van der Waals surface area contributed by atoms with Gasteiger partial charge in [-0.3, -0.25) is 4.99 Å². The van der Waals surface area contributed by atoms with E-state index in [2.05, 4.69) is 64.2 Å². The summed E-state index contributed by atoms with van der Waals surface area (Å²) in [6, 6.07) is 8.84. The quantitative estimate of drug-likeness (QED) is 0.550. The number of hydrogen-bond acceptors (Lipinski definition) is 4. The molecule has 0 bridgehead atoms. The van der Waals surface area contributed by atoms with Gasteiger partial charge in [-0.15, -0.1) is 0 Å². The lowest BCUT2D eigenvalue weighted by molar-refractivity contribution is 0.0373. The fourth-order valence-corrected chi connectivity index (χ4v) is 5.50. The molecule has 3 rings (SSSR count). The van der Waals surface area contributed by atoms with Gasteiger partial charge in [0.2, 0.25) is 0 Å². The van der Waals surface area contributed by atoms with Crippen LogP contribution in [0.2, 0.25) is 0 Å². The van der Waals surface area contributed by atoms with E-state index in [9.17, 15) is 5.11 Å². The van der Waals surface area contributed by atoms with Crippen molar-refractivity contribution in [3.05, 3.63) is 35.4 Å². The summed E-state index contributed by atoms with van der Waals surface area (Å²) in [6.45, 7) is 12.1. The molecule has 4 unspecified atom stereocenters. The van der Waals surface area contributed by atoms with Crippen molar-refractivity contribution in [3.63, 3.8) is 0 Å². The molecule has 0 radical (unpaired) electrons. The Morgan fingerprint density at radius 1 is 1.13 bits per heavy atom. The Bertz CT molecular complexity index is 705. The Morgan fingerprint density at radius 2 is 1.87 bits per heavy atom. The van der Waals surface area contributed by atoms with Crippen molar-refractivity contribution in [3.8, 4) is 0 Å². The second-order valence-corrected chi connectivity index (χ2v) is 10.3. The van der Waals surface area contributed by atoms with Gasteiger partial charge in [-0.25, -0.2) is 0 Å². The number of aliphatic hydroxyl groups excluding tert-OH is 1. The number of hydrogen-bond donors (Lipinski definition) is 2. The van der Waals surface area contributed by atoms with E-state index in [0.29, 0.717) is 31.7 Å². The highest BCUT2D eigenvalue weighted by Crippen LogP contribution is 2.50. The minimum atomic E-state index is -0.512. The molecule has 2 aliphatic carbocycles. The monoisotopic (exact) mass is 414 g/mol. The molecular formula is C26H42N2O2. The summed E-state index contributed by atoms with van der Waals surface area (Å²) in [5.41, 5.74) is 4.05. The first-order chi connectivity index (χ1) is 14.3. The normalized spacial score (nSPS) is 26.1. The molecule has 4 atom stereocenters. The third kappa shape index (κ3) is 5.72. The molecule has 30 heavy (non-hydrogen) atoms. The van der Waals surface area contributed by atoms with Gasteiger partial charge in [0, 0.05) is 23.7 Å². The number of β-amino-alcohol motifs (C(OH)–C–C–N with tert-alkyl or cyclic N) is 1. The van der Waals surface area contributed by atoms with E-state index >= 15 is 0 Å². The smallest absolute Gasteiger partial charge is 0.137 e. The Labute approximate surface area is 183 Å². The van der Waals surface area contributed by atoms with E-state index in [4.69, 9.17) is 9.73 Å². The largest absolute Gasteiger partial charge is 0.389 e. The van der Waals surface area contributed by atoms with Crippen LogP contribution in [0, 0.1) is 17.8 Å². The van der Waals surface area contributed by atoms with Crippen molar-refractivity contribution < 1.29 is 9.84 Å². The molecule has 1 aromatic rings. The molecule has 4 nitrogen and oxygen atoms in total. The maximum atomic E-state index is 10.2. The highest BCUT2D eigenvalue weighted by Gasteiger charge is 2.42. The SMILES string of the molecule is CCC(CC)C1CCC2c3ccccc3C(=NCOCC(O)CNC(C)(C)C)C2C1. The van der Waals surface area contributed by atoms with E-state index in [-0.39, 0.29) is 5.54 Å². The maximum absolute atomic E-state index is 10.2. The molecule has 2 N–H and O–H groups in total. The van der Waals surface area contributed by atoms with Gasteiger partial charge in [0.15, 0.2) is 0 Å². The molecule has 1 fully saturated rings. The highest BCUT2D eigenvalue weighted by molar-refractivity contribution is 6.07. The number of nitrogens with one attached hydrogen (secondary N) is 1. The topological polar surface area (TPSA) is 53.9 Å². The van der Waals surface area contributed by atoms with Crippen molar-refractivity contribution in [2.24, 2.45) is 22.7 Å². The van der Waals surface area contributed by atoms with Crippen LogP contribution in [-0.4, -0.2) is 42.3 Å². The standard InChI is InChI=1S/C26H42N2O2/c1-6-18(7-2)19-12-13-22-21-10-8-9-11-23(21)25(24(22)14-19)27-17-30-16-20(29)15-28-26(3,4)5/h8-11,18-20,22,24,28-29H,6-7,12-17H2,1-5H3. The fourth-order valence-electron chi connectivity index (χ4n) is 5.50. The van der Waals surface area contributed by atoms with Crippen molar-refractivity contribution in [1.29, 1.82) is 0 Å². The molecule has 0 aromatic heterocycles. The van der Waals surface area contributed by atoms with Gasteiger partial charge < -0.3 is 15.2 Å². The summed E-state index contributed by atoms with van der Waals surface area (Å²) in [5.74, 6) is 2.79. The number of aliphatic imine (C=N–C) groups is 1. The van der Waals surface area contributed by atoms with Crippen LogP contribution in [0.15, 0.2) is 29.3 Å². The summed E-state index contributed by atoms with van der Waals surface area (Å²) >= 11 is 0. The van der Waals surface area contributed by atoms with E-state index in [1.165, 1.54) is 48.9 Å². The molecule has 0 amide bonds. The van der Waals surface area contributed by atoms with Gasteiger partial charge in [0.1, 0.15) is 6.73 Å². The minimum Gasteiger partial charge on any atom is -0.389 e. The average molecular weight is 415 g/mol. The van der Waals surface area contributed by atoms with E-state index in [1.807, 2.05) is 0 Å². The summed E-state index contributed by atoms with van der Waals surface area (Å²) in [6.07, 6.45) is 5.92. The van der Waals surface area contributed by atoms with Crippen LogP contribution in [0.3, 0.4) is 0 Å². The first-order valence-electron chi connectivity index (χ1n) is 12.0. The summed E-state index contributed by atoms with van der Waals surface area (Å²) < 4.78 is 5.76. The fraction of sp³-hybridized carbons (Fsp3) is 0.731. The molecular weight excluding hydrogens is 372 g/mol. The molecule has 0 spiro atoms. The van der Waals surface area contributed by atoms with E-state index < -0.39 is 6.10 Å². The van der Waals surface area contributed by atoms with Gasteiger partial charge in [-0.05, 0) is 68.9 Å². The zero-order chi connectivity index (χ0) is 21.7. The lowest BCUT2D eigenvalue weighted by Crippen LogP contribution is -2.42. The molecule has 1 aromatic carbocycles. The summed E-state index contributed by atoms with van der Waals surface area (Å²) in [4.78, 5) is 4.94. The lowest BCUT2D eigenvalue weighted by atomic mass is 9.69. The molecule has 168 valence electrons. The summed E-state index contributed by atoms with van der Waals surface area (Å²) in [7, 11) is 0.